The van der Waals surface area contributed by atoms with E-state index in [0.29, 0.717) is 33.2 Å². The highest BCUT2D eigenvalue weighted by atomic mass is 31.2. The van der Waals surface area contributed by atoms with E-state index in [1.54, 1.807) is 0 Å². The van der Waals surface area contributed by atoms with Gasteiger partial charge in [0.15, 0.2) is 0 Å². The first kappa shape index (κ1) is 38.0. The fraction of sp³-hybridized carbons (Fsp3) is 1.00. The summed E-state index contributed by atoms with van der Waals surface area (Å²) >= 11 is 0. The van der Waals surface area contributed by atoms with Crippen molar-refractivity contribution in [3.8, 4) is 0 Å². The molecule has 0 aromatic carbocycles. The predicted octanol–water partition coefficient (Wildman–Crippen LogP) is 7.05. The smallest absolute Gasteiger partial charge is 0.303 e. The third kappa shape index (κ3) is 12.2. The SMILES string of the molecule is CN1C(C)(C)CCCC1(C)C.CN1C(C)(C)CCCC1(C)C.CN1C(C)(C)CCCC1(C)C.O=P(O)(O)O. The van der Waals surface area contributed by atoms with Crippen molar-refractivity contribution in [1.82, 2.24) is 14.7 Å². The van der Waals surface area contributed by atoms with Gasteiger partial charge in [-0.2, -0.15) is 0 Å². The largest absolute Gasteiger partial charge is 0.466 e. The van der Waals surface area contributed by atoms with E-state index in [1.165, 1.54) is 57.8 Å². The van der Waals surface area contributed by atoms with E-state index in [0.717, 1.165) is 0 Å². The summed E-state index contributed by atoms with van der Waals surface area (Å²) in [4.78, 5) is 29.1. The molecule has 3 heterocycles. The highest BCUT2D eigenvalue weighted by Crippen LogP contribution is 2.38. The number of piperidine rings is 3. The van der Waals surface area contributed by atoms with Crippen LogP contribution in [0, 0.1) is 0 Å². The second-order valence-corrected chi connectivity index (χ2v) is 16.7. The molecule has 3 rings (SSSR count). The van der Waals surface area contributed by atoms with Crippen molar-refractivity contribution in [2.45, 2.75) is 174 Å². The van der Waals surface area contributed by atoms with E-state index >= 15 is 0 Å². The molecule has 7 nitrogen and oxygen atoms in total. The van der Waals surface area contributed by atoms with Crippen LogP contribution < -0.4 is 0 Å². The van der Waals surface area contributed by atoms with Crippen molar-refractivity contribution in [3.05, 3.63) is 0 Å². The summed E-state index contributed by atoms with van der Waals surface area (Å²) in [5.41, 5.74) is 2.43. The van der Waals surface area contributed by atoms with Crippen LogP contribution in [0.15, 0.2) is 0 Å². The van der Waals surface area contributed by atoms with Crippen molar-refractivity contribution in [2.24, 2.45) is 0 Å². The van der Waals surface area contributed by atoms with E-state index in [1.807, 2.05) is 0 Å². The van der Waals surface area contributed by atoms with Gasteiger partial charge in [0, 0.05) is 33.2 Å². The molecule has 3 aliphatic heterocycles. The van der Waals surface area contributed by atoms with Crippen LogP contribution in [0.4, 0.5) is 0 Å². The highest BCUT2D eigenvalue weighted by molar-refractivity contribution is 7.45. The van der Waals surface area contributed by atoms with Crippen LogP contribution in [-0.2, 0) is 4.57 Å². The second kappa shape index (κ2) is 13.3. The molecule has 0 amide bonds. The Morgan fingerprint density at radius 1 is 0.421 bits per heavy atom. The van der Waals surface area contributed by atoms with Crippen LogP contribution in [0.25, 0.3) is 0 Å². The van der Waals surface area contributed by atoms with Gasteiger partial charge in [-0.25, -0.2) is 4.57 Å². The molecular formula is C30H66N3O4P. The highest BCUT2D eigenvalue weighted by Gasteiger charge is 2.39. The minimum atomic E-state index is -4.64. The number of hydrogen-bond acceptors (Lipinski definition) is 4. The average Bonchev–Trinajstić information content (AvgIpc) is 2.68. The van der Waals surface area contributed by atoms with E-state index in [4.69, 9.17) is 19.2 Å². The molecule has 8 heteroatoms. The number of hydrogen-bond donors (Lipinski definition) is 3. The van der Waals surface area contributed by atoms with E-state index in [9.17, 15) is 0 Å². The summed E-state index contributed by atoms with van der Waals surface area (Å²) in [7, 11) is 2.11. The zero-order valence-electron chi connectivity index (χ0n) is 27.9. The average molecular weight is 564 g/mol. The van der Waals surface area contributed by atoms with Crippen molar-refractivity contribution < 1.29 is 19.2 Å². The molecule has 0 aromatic rings. The first-order chi connectivity index (χ1) is 16.6. The minimum absolute atomic E-state index is 0.405. The monoisotopic (exact) mass is 563 g/mol. The minimum Gasteiger partial charge on any atom is -0.303 e. The Morgan fingerprint density at radius 2 is 0.526 bits per heavy atom. The number of likely N-dealkylation sites (tertiary alicyclic amines) is 3. The Kier molecular flexibility index (Phi) is 13.3. The lowest BCUT2D eigenvalue weighted by atomic mass is 9.80. The first-order valence-corrected chi connectivity index (χ1v) is 16.2. The lowest BCUT2D eigenvalue weighted by molar-refractivity contribution is -0.00223. The number of phosphoric acid groups is 1. The number of rotatable bonds is 0. The summed E-state index contributed by atoms with van der Waals surface area (Å²) in [6.07, 6.45) is 12.2. The van der Waals surface area contributed by atoms with Crippen LogP contribution in [0.3, 0.4) is 0 Å². The molecule has 3 saturated heterocycles. The summed E-state index contributed by atoms with van der Waals surface area (Å²) in [5, 5.41) is 0. The normalized spacial score (nSPS) is 27.8. The summed E-state index contributed by atoms with van der Waals surface area (Å²) in [5.74, 6) is 0. The third-order valence-corrected chi connectivity index (χ3v) is 10.2. The summed E-state index contributed by atoms with van der Waals surface area (Å²) < 4.78 is 8.88. The standard InChI is InChI=1S/3C10H21N.H3O4P/c3*1-9(2)7-6-8-10(3,4)11(9)5;1-5(2,3)4/h3*6-8H2,1-5H3;(H3,1,2,3,4). The molecule has 3 N–H and O–H groups in total. The van der Waals surface area contributed by atoms with Crippen molar-refractivity contribution in [1.29, 1.82) is 0 Å². The van der Waals surface area contributed by atoms with E-state index < -0.39 is 7.82 Å². The van der Waals surface area contributed by atoms with Gasteiger partial charge in [-0.1, -0.05) is 0 Å². The summed E-state index contributed by atoms with van der Waals surface area (Å²) in [6.45, 7) is 28.1. The molecule has 0 aliphatic carbocycles. The van der Waals surface area contributed by atoms with Gasteiger partial charge < -0.3 is 14.7 Å². The van der Waals surface area contributed by atoms with Gasteiger partial charge in [-0.3, -0.25) is 14.7 Å². The lowest BCUT2D eigenvalue weighted by Crippen LogP contribution is -2.56. The lowest BCUT2D eigenvalue weighted by Gasteiger charge is -2.51. The Labute approximate surface area is 237 Å². The van der Waals surface area contributed by atoms with Gasteiger partial charge in [0.1, 0.15) is 0 Å². The molecule has 3 aliphatic rings. The third-order valence-electron chi connectivity index (χ3n) is 10.2. The van der Waals surface area contributed by atoms with Gasteiger partial charge in [0.2, 0.25) is 0 Å². The van der Waals surface area contributed by atoms with Crippen LogP contribution in [0.2, 0.25) is 0 Å². The molecule has 0 saturated carbocycles. The fourth-order valence-corrected chi connectivity index (χ4v) is 6.33. The predicted molar refractivity (Wildman–Crippen MR) is 164 cm³/mol. The summed E-state index contributed by atoms with van der Waals surface area (Å²) in [6, 6.07) is 0. The zero-order valence-corrected chi connectivity index (χ0v) is 28.8. The second-order valence-electron chi connectivity index (χ2n) is 15.6. The first-order valence-electron chi connectivity index (χ1n) is 14.6. The van der Waals surface area contributed by atoms with Crippen LogP contribution in [0.5, 0.6) is 0 Å². The van der Waals surface area contributed by atoms with E-state index in [2.05, 4.69) is 119 Å². The van der Waals surface area contributed by atoms with Gasteiger partial charge in [-0.05, 0) is 162 Å². The molecule has 0 radical (unpaired) electrons. The Balaban J connectivity index is 0.000000497. The van der Waals surface area contributed by atoms with Crippen molar-refractivity contribution in [2.75, 3.05) is 21.1 Å². The van der Waals surface area contributed by atoms with Gasteiger partial charge in [0.25, 0.3) is 0 Å². The molecule has 0 spiro atoms. The van der Waals surface area contributed by atoms with Crippen molar-refractivity contribution in [3.63, 3.8) is 0 Å². The maximum absolute atomic E-state index is 8.88. The van der Waals surface area contributed by atoms with Gasteiger partial charge in [-0.15, -0.1) is 0 Å². The Hall–Kier alpha value is -0.0100. The Morgan fingerprint density at radius 3 is 0.605 bits per heavy atom. The number of nitrogens with zero attached hydrogens (tertiary/aromatic N) is 3. The molecule has 0 bridgehead atoms. The molecule has 0 aromatic heterocycles. The van der Waals surface area contributed by atoms with Gasteiger partial charge in [0.05, 0.1) is 0 Å². The maximum Gasteiger partial charge on any atom is 0.466 e. The molecule has 0 atom stereocenters. The van der Waals surface area contributed by atoms with E-state index in [-0.39, 0.29) is 0 Å². The van der Waals surface area contributed by atoms with Gasteiger partial charge >= 0.3 is 7.82 Å². The molecule has 38 heavy (non-hydrogen) atoms. The molecule has 230 valence electrons. The van der Waals surface area contributed by atoms with Crippen LogP contribution >= 0.6 is 7.82 Å². The van der Waals surface area contributed by atoms with Crippen molar-refractivity contribution >= 4 is 7.82 Å². The Bertz CT molecular complexity index is 630. The maximum atomic E-state index is 8.88. The van der Waals surface area contributed by atoms with Crippen LogP contribution in [0.1, 0.15) is 141 Å². The fourth-order valence-electron chi connectivity index (χ4n) is 6.33. The topological polar surface area (TPSA) is 87.5 Å². The molecular weight excluding hydrogens is 497 g/mol. The molecule has 0 unspecified atom stereocenters. The van der Waals surface area contributed by atoms with Crippen LogP contribution in [-0.4, -0.2) is 83.8 Å². The zero-order chi connectivity index (χ0) is 30.6. The molecule has 3 fully saturated rings. The quantitative estimate of drug-likeness (QED) is 0.272.